The average molecular weight is 323 g/mol. The first-order valence-electron chi connectivity index (χ1n) is 7.57. The highest BCUT2D eigenvalue weighted by Gasteiger charge is 2.15. The van der Waals surface area contributed by atoms with Crippen molar-refractivity contribution in [3.63, 3.8) is 0 Å². The van der Waals surface area contributed by atoms with Gasteiger partial charge in [-0.3, -0.25) is 9.59 Å². The van der Waals surface area contributed by atoms with Crippen LogP contribution < -0.4 is 16.2 Å². The van der Waals surface area contributed by atoms with Gasteiger partial charge in [-0.1, -0.05) is 18.2 Å². The van der Waals surface area contributed by atoms with Gasteiger partial charge in [-0.25, -0.2) is 4.39 Å². The molecule has 120 valence electrons. The Morgan fingerprint density at radius 3 is 2.79 bits per heavy atom. The Labute approximate surface area is 136 Å². The van der Waals surface area contributed by atoms with Crippen molar-refractivity contribution in [2.75, 3.05) is 5.32 Å². The highest BCUT2D eigenvalue weighted by atomic mass is 19.1. The quantitative estimate of drug-likeness (QED) is 0.678. The Bertz CT molecular complexity index is 1030. The van der Waals surface area contributed by atoms with Crippen molar-refractivity contribution in [3.8, 4) is 0 Å². The standard InChI is InChI=1S/C18H14FN3O2/c19-15-3-1-2-13-14(7-16(23)22-17(13)15)18(24)21-12-5-4-10-8-20-9-11(10)6-12/h1-7,20H,8-9H2,(H,21,24)(H,22,23). The van der Waals surface area contributed by atoms with Gasteiger partial charge in [0.15, 0.2) is 0 Å². The van der Waals surface area contributed by atoms with Crippen LogP contribution in [0.2, 0.25) is 0 Å². The third-order valence-electron chi connectivity index (χ3n) is 4.17. The number of anilines is 1. The normalized spacial score (nSPS) is 13.0. The van der Waals surface area contributed by atoms with Crippen LogP contribution in [0.4, 0.5) is 10.1 Å². The van der Waals surface area contributed by atoms with Crippen molar-refractivity contribution >= 4 is 22.5 Å². The van der Waals surface area contributed by atoms with Gasteiger partial charge in [-0.15, -0.1) is 0 Å². The monoisotopic (exact) mass is 323 g/mol. The van der Waals surface area contributed by atoms with E-state index in [4.69, 9.17) is 0 Å². The first-order chi connectivity index (χ1) is 11.6. The second-order valence-corrected chi connectivity index (χ2v) is 5.75. The molecular weight excluding hydrogens is 309 g/mol. The summed E-state index contributed by atoms with van der Waals surface area (Å²) in [5.74, 6) is -1.01. The lowest BCUT2D eigenvalue weighted by Crippen LogP contribution is -2.17. The number of aromatic amines is 1. The summed E-state index contributed by atoms with van der Waals surface area (Å²) in [5.41, 5.74) is 2.65. The molecule has 0 atom stereocenters. The molecule has 0 unspecified atom stereocenters. The van der Waals surface area contributed by atoms with E-state index in [1.165, 1.54) is 23.8 Å². The maximum Gasteiger partial charge on any atom is 0.256 e. The predicted molar refractivity (Wildman–Crippen MR) is 89.5 cm³/mol. The number of hydrogen-bond acceptors (Lipinski definition) is 3. The van der Waals surface area contributed by atoms with Gasteiger partial charge in [-0.2, -0.15) is 0 Å². The van der Waals surface area contributed by atoms with Gasteiger partial charge in [0, 0.05) is 30.2 Å². The number of fused-ring (bicyclic) bond motifs is 2. The predicted octanol–water partition coefficient (Wildman–Crippen LogP) is 2.52. The number of carbonyl (C=O) groups excluding carboxylic acids is 1. The first-order valence-corrected chi connectivity index (χ1v) is 7.57. The number of para-hydroxylation sites is 1. The highest BCUT2D eigenvalue weighted by molar-refractivity contribution is 6.12. The zero-order chi connectivity index (χ0) is 16.7. The lowest BCUT2D eigenvalue weighted by atomic mass is 10.1. The van der Waals surface area contributed by atoms with Crippen LogP contribution in [-0.4, -0.2) is 10.9 Å². The first kappa shape index (κ1) is 14.6. The van der Waals surface area contributed by atoms with E-state index < -0.39 is 17.3 Å². The summed E-state index contributed by atoms with van der Waals surface area (Å²) in [6.07, 6.45) is 0. The topological polar surface area (TPSA) is 74.0 Å². The molecule has 0 saturated carbocycles. The fourth-order valence-corrected chi connectivity index (χ4v) is 3.00. The maximum atomic E-state index is 13.9. The molecule has 5 nitrogen and oxygen atoms in total. The van der Waals surface area contributed by atoms with Gasteiger partial charge in [0.25, 0.3) is 5.91 Å². The summed E-state index contributed by atoms with van der Waals surface area (Å²) >= 11 is 0. The third-order valence-corrected chi connectivity index (χ3v) is 4.17. The summed E-state index contributed by atoms with van der Waals surface area (Å²) in [6.45, 7) is 1.58. The summed E-state index contributed by atoms with van der Waals surface area (Å²) in [4.78, 5) is 26.8. The second-order valence-electron chi connectivity index (χ2n) is 5.75. The number of amides is 1. The van der Waals surface area contributed by atoms with Gasteiger partial charge in [-0.05, 0) is 29.3 Å². The van der Waals surface area contributed by atoms with E-state index in [1.54, 1.807) is 6.07 Å². The fourth-order valence-electron chi connectivity index (χ4n) is 3.00. The number of nitrogens with one attached hydrogen (secondary N) is 3. The van der Waals surface area contributed by atoms with Gasteiger partial charge in [0.1, 0.15) is 5.82 Å². The number of pyridine rings is 1. The van der Waals surface area contributed by atoms with Crippen LogP contribution in [0.5, 0.6) is 0 Å². The average Bonchev–Trinajstić information content (AvgIpc) is 3.02. The summed E-state index contributed by atoms with van der Waals surface area (Å²) in [7, 11) is 0. The van der Waals surface area contributed by atoms with E-state index in [0.29, 0.717) is 11.1 Å². The number of carbonyl (C=O) groups is 1. The fraction of sp³-hybridized carbons (Fsp3) is 0.111. The number of halogens is 1. The van der Waals surface area contributed by atoms with Gasteiger partial charge < -0.3 is 15.6 Å². The molecule has 0 bridgehead atoms. The number of aromatic nitrogens is 1. The molecular formula is C18H14FN3O2. The molecule has 0 fully saturated rings. The smallest absolute Gasteiger partial charge is 0.256 e. The van der Waals surface area contributed by atoms with Crippen LogP contribution in [-0.2, 0) is 13.1 Å². The van der Waals surface area contributed by atoms with E-state index in [0.717, 1.165) is 18.7 Å². The molecule has 1 aromatic heterocycles. The minimum atomic E-state index is -0.567. The zero-order valence-electron chi connectivity index (χ0n) is 12.7. The molecule has 1 amide bonds. The van der Waals surface area contributed by atoms with Crippen LogP contribution >= 0.6 is 0 Å². The molecule has 2 aromatic carbocycles. The van der Waals surface area contributed by atoms with Crippen molar-refractivity contribution in [1.82, 2.24) is 10.3 Å². The summed E-state index contributed by atoms with van der Waals surface area (Å²) in [5, 5.41) is 6.39. The minimum absolute atomic E-state index is 0.0355. The third kappa shape index (κ3) is 2.47. The van der Waals surface area contributed by atoms with Crippen LogP contribution in [0.3, 0.4) is 0 Å². The van der Waals surface area contributed by atoms with E-state index in [1.807, 2.05) is 18.2 Å². The van der Waals surface area contributed by atoms with Crippen molar-refractivity contribution in [2.45, 2.75) is 13.1 Å². The van der Waals surface area contributed by atoms with Crippen LogP contribution in [0.15, 0.2) is 47.3 Å². The molecule has 1 aliphatic heterocycles. The van der Waals surface area contributed by atoms with E-state index >= 15 is 0 Å². The summed E-state index contributed by atoms with van der Waals surface area (Å²) < 4.78 is 13.9. The van der Waals surface area contributed by atoms with Crippen molar-refractivity contribution in [3.05, 3.63) is 75.3 Å². The van der Waals surface area contributed by atoms with Crippen molar-refractivity contribution in [2.24, 2.45) is 0 Å². The molecule has 0 saturated heterocycles. The number of benzene rings is 2. The molecule has 6 heteroatoms. The van der Waals surface area contributed by atoms with E-state index in [-0.39, 0.29) is 11.1 Å². The Hall–Kier alpha value is -2.99. The van der Waals surface area contributed by atoms with Crippen LogP contribution in [0, 0.1) is 5.82 Å². The Kier molecular flexibility index (Phi) is 3.39. The molecule has 3 aromatic rings. The SMILES string of the molecule is O=C(Nc1ccc2c(c1)CNC2)c1cc(=O)[nH]c2c(F)cccc12. The van der Waals surface area contributed by atoms with Crippen molar-refractivity contribution < 1.29 is 9.18 Å². The zero-order valence-corrected chi connectivity index (χ0v) is 12.7. The Balaban J connectivity index is 1.74. The lowest BCUT2D eigenvalue weighted by Gasteiger charge is -2.09. The molecule has 1 aliphatic rings. The molecule has 2 heterocycles. The molecule has 3 N–H and O–H groups in total. The second kappa shape index (κ2) is 5.58. The number of rotatable bonds is 2. The van der Waals surface area contributed by atoms with E-state index in [9.17, 15) is 14.0 Å². The molecule has 0 radical (unpaired) electrons. The lowest BCUT2D eigenvalue weighted by molar-refractivity contribution is 0.102. The van der Waals surface area contributed by atoms with Gasteiger partial charge in [0.05, 0.1) is 11.1 Å². The Morgan fingerprint density at radius 2 is 1.92 bits per heavy atom. The minimum Gasteiger partial charge on any atom is -0.322 e. The molecule has 24 heavy (non-hydrogen) atoms. The largest absolute Gasteiger partial charge is 0.322 e. The highest BCUT2D eigenvalue weighted by Crippen LogP contribution is 2.22. The van der Waals surface area contributed by atoms with E-state index in [2.05, 4.69) is 15.6 Å². The van der Waals surface area contributed by atoms with Crippen LogP contribution in [0.1, 0.15) is 21.5 Å². The molecule has 0 spiro atoms. The Morgan fingerprint density at radius 1 is 1.08 bits per heavy atom. The van der Waals surface area contributed by atoms with Crippen LogP contribution in [0.25, 0.3) is 10.9 Å². The molecule has 0 aliphatic carbocycles. The summed E-state index contributed by atoms with van der Waals surface area (Å²) in [6, 6.07) is 11.2. The maximum absolute atomic E-state index is 13.9. The molecule has 4 rings (SSSR count). The van der Waals surface area contributed by atoms with Gasteiger partial charge in [0.2, 0.25) is 5.56 Å². The number of H-pyrrole nitrogens is 1. The number of hydrogen-bond donors (Lipinski definition) is 3. The van der Waals surface area contributed by atoms with Gasteiger partial charge >= 0.3 is 0 Å². The van der Waals surface area contributed by atoms with Crippen molar-refractivity contribution in [1.29, 1.82) is 0 Å².